The first-order chi connectivity index (χ1) is 8.70. The van der Waals surface area contributed by atoms with Crippen molar-refractivity contribution in [3.63, 3.8) is 0 Å². The Balaban J connectivity index is 2.07. The molecule has 1 heterocycles. The van der Waals surface area contributed by atoms with E-state index in [1.165, 1.54) is 7.11 Å². The van der Waals surface area contributed by atoms with Gasteiger partial charge in [0.25, 0.3) is 0 Å². The topological polar surface area (TPSA) is 74.4 Å². The first kappa shape index (κ1) is 12.8. The summed E-state index contributed by atoms with van der Waals surface area (Å²) < 4.78 is 10.5. The molecule has 2 rings (SSSR count). The summed E-state index contributed by atoms with van der Waals surface area (Å²) in [4.78, 5) is 15.7. The molecule has 1 aromatic heterocycles. The van der Waals surface area contributed by atoms with Crippen LogP contribution in [0.3, 0.4) is 0 Å². The van der Waals surface area contributed by atoms with Gasteiger partial charge in [0.15, 0.2) is 0 Å². The van der Waals surface area contributed by atoms with E-state index in [4.69, 9.17) is 15.2 Å². The fraction of sp³-hybridized carbons (Fsp3) is 0.538. The first-order valence-corrected chi connectivity index (χ1v) is 6.16. The van der Waals surface area contributed by atoms with Gasteiger partial charge in [0.05, 0.1) is 7.11 Å². The van der Waals surface area contributed by atoms with Gasteiger partial charge in [-0.25, -0.2) is 9.78 Å². The number of pyridine rings is 1. The van der Waals surface area contributed by atoms with Crippen molar-refractivity contribution in [2.45, 2.75) is 37.8 Å². The highest BCUT2D eigenvalue weighted by atomic mass is 16.5. The lowest BCUT2D eigenvalue weighted by atomic mass is 9.94. The zero-order valence-electron chi connectivity index (χ0n) is 10.5. The van der Waals surface area contributed by atoms with E-state index >= 15 is 0 Å². The number of esters is 1. The number of nitrogens with two attached hydrogens (primary N) is 1. The predicted molar refractivity (Wildman–Crippen MR) is 66.4 cm³/mol. The van der Waals surface area contributed by atoms with Crippen LogP contribution in [0.2, 0.25) is 0 Å². The van der Waals surface area contributed by atoms with Crippen LogP contribution in [0.15, 0.2) is 18.3 Å². The maximum atomic E-state index is 11.6. The standard InChI is InChI=1S/C13H18N2O3/c1-17-13(16)11-3-2-8-15-12(11)18-10-6-4-9(14)5-7-10/h2-3,8-10H,4-7,14H2,1H3. The van der Waals surface area contributed by atoms with Crippen molar-refractivity contribution in [3.8, 4) is 5.88 Å². The van der Waals surface area contributed by atoms with E-state index in [1.54, 1.807) is 18.3 Å². The largest absolute Gasteiger partial charge is 0.474 e. The monoisotopic (exact) mass is 250 g/mol. The highest BCUT2D eigenvalue weighted by Crippen LogP contribution is 2.24. The van der Waals surface area contributed by atoms with Gasteiger partial charge in [0.2, 0.25) is 5.88 Å². The molecule has 1 saturated carbocycles. The minimum Gasteiger partial charge on any atom is -0.474 e. The molecule has 1 aromatic rings. The van der Waals surface area contributed by atoms with Crippen molar-refractivity contribution in [2.75, 3.05) is 7.11 Å². The molecule has 1 aliphatic carbocycles. The molecule has 0 atom stereocenters. The Hall–Kier alpha value is -1.62. The SMILES string of the molecule is COC(=O)c1cccnc1OC1CCC(N)CC1. The molecule has 2 N–H and O–H groups in total. The third kappa shape index (κ3) is 2.98. The number of hydrogen-bond acceptors (Lipinski definition) is 5. The Bertz CT molecular complexity index is 414. The van der Waals surface area contributed by atoms with Crippen molar-refractivity contribution in [1.82, 2.24) is 4.98 Å². The number of hydrogen-bond donors (Lipinski definition) is 1. The summed E-state index contributed by atoms with van der Waals surface area (Å²) in [5.74, 6) is -0.0737. The number of carbonyl (C=O) groups is 1. The van der Waals surface area contributed by atoms with E-state index in [0.29, 0.717) is 11.4 Å². The summed E-state index contributed by atoms with van der Waals surface area (Å²) >= 11 is 0. The van der Waals surface area contributed by atoms with Crippen molar-refractivity contribution < 1.29 is 14.3 Å². The van der Waals surface area contributed by atoms with Gasteiger partial charge in [-0.2, -0.15) is 0 Å². The molecule has 0 amide bonds. The van der Waals surface area contributed by atoms with Crippen LogP contribution >= 0.6 is 0 Å². The third-order valence-corrected chi connectivity index (χ3v) is 3.17. The summed E-state index contributed by atoms with van der Waals surface area (Å²) in [6, 6.07) is 3.62. The van der Waals surface area contributed by atoms with Gasteiger partial charge in [0, 0.05) is 12.2 Å². The van der Waals surface area contributed by atoms with Crippen LogP contribution in [0.25, 0.3) is 0 Å². The van der Waals surface area contributed by atoms with Gasteiger partial charge in [-0.05, 0) is 37.8 Å². The van der Waals surface area contributed by atoms with Crippen molar-refractivity contribution in [2.24, 2.45) is 5.73 Å². The average Bonchev–Trinajstić information content (AvgIpc) is 2.41. The Kier molecular flexibility index (Phi) is 4.15. The molecule has 5 heteroatoms. The maximum Gasteiger partial charge on any atom is 0.343 e. The van der Waals surface area contributed by atoms with Crippen LogP contribution < -0.4 is 10.5 Å². The molecular formula is C13H18N2O3. The molecule has 1 fully saturated rings. The van der Waals surface area contributed by atoms with Crippen LogP contribution in [0.5, 0.6) is 5.88 Å². The Morgan fingerprint density at radius 3 is 2.78 bits per heavy atom. The summed E-state index contributed by atoms with van der Waals surface area (Å²) in [6.07, 6.45) is 5.39. The molecule has 0 unspecified atom stereocenters. The van der Waals surface area contributed by atoms with E-state index < -0.39 is 5.97 Å². The molecule has 98 valence electrons. The fourth-order valence-electron chi connectivity index (χ4n) is 2.11. The molecule has 18 heavy (non-hydrogen) atoms. The van der Waals surface area contributed by atoms with Crippen LogP contribution in [0.1, 0.15) is 36.0 Å². The number of ether oxygens (including phenoxy) is 2. The zero-order chi connectivity index (χ0) is 13.0. The van der Waals surface area contributed by atoms with E-state index in [-0.39, 0.29) is 12.1 Å². The van der Waals surface area contributed by atoms with Crippen LogP contribution in [0.4, 0.5) is 0 Å². The molecule has 0 saturated heterocycles. The molecule has 0 aromatic carbocycles. The summed E-state index contributed by atoms with van der Waals surface area (Å²) in [6.45, 7) is 0. The van der Waals surface area contributed by atoms with Gasteiger partial charge in [-0.15, -0.1) is 0 Å². The predicted octanol–water partition coefficient (Wildman–Crippen LogP) is 1.52. The Morgan fingerprint density at radius 1 is 1.39 bits per heavy atom. The molecule has 5 nitrogen and oxygen atoms in total. The van der Waals surface area contributed by atoms with E-state index in [9.17, 15) is 4.79 Å². The Labute approximate surface area is 106 Å². The van der Waals surface area contributed by atoms with Gasteiger partial charge >= 0.3 is 5.97 Å². The molecule has 0 radical (unpaired) electrons. The van der Waals surface area contributed by atoms with Gasteiger partial charge in [-0.3, -0.25) is 0 Å². The highest BCUT2D eigenvalue weighted by Gasteiger charge is 2.22. The fourth-order valence-corrected chi connectivity index (χ4v) is 2.11. The zero-order valence-corrected chi connectivity index (χ0v) is 10.5. The summed E-state index contributed by atoms with van der Waals surface area (Å²) in [5, 5.41) is 0. The third-order valence-electron chi connectivity index (χ3n) is 3.17. The molecule has 0 bridgehead atoms. The molecule has 1 aliphatic rings. The average molecular weight is 250 g/mol. The minimum atomic E-state index is -0.425. The van der Waals surface area contributed by atoms with Gasteiger partial charge < -0.3 is 15.2 Å². The van der Waals surface area contributed by atoms with Crippen molar-refractivity contribution >= 4 is 5.97 Å². The first-order valence-electron chi connectivity index (χ1n) is 6.16. The van der Waals surface area contributed by atoms with E-state index in [1.807, 2.05) is 0 Å². The Morgan fingerprint density at radius 2 is 2.11 bits per heavy atom. The molecular weight excluding hydrogens is 232 g/mol. The maximum absolute atomic E-state index is 11.6. The number of carbonyl (C=O) groups excluding carboxylic acids is 1. The minimum absolute atomic E-state index is 0.0862. The van der Waals surface area contributed by atoms with Gasteiger partial charge in [-0.1, -0.05) is 0 Å². The quantitative estimate of drug-likeness (QED) is 0.823. The normalized spacial score (nSPS) is 23.4. The highest BCUT2D eigenvalue weighted by molar-refractivity contribution is 5.91. The lowest BCUT2D eigenvalue weighted by molar-refractivity contribution is 0.0587. The van der Waals surface area contributed by atoms with Crippen molar-refractivity contribution in [1.29, 1.82) is 0 Å². The van der Waals surface area contributed by atoms with Gasteiger partial charge in [0.1, 0.15) is 11.7 Å². The van der Waals surface area contributed by atoms with Crippen LogP contribution in [0, 0.1) is 0 Å². The number of nitrogens with zero attached hydrogens (tertiary/aromatic N) is 1. The molecule has 0 spiro atoms. The van der Waals surface area contributed by atoms with E-state index in [2.05, 4.69) is 4.98 Å². The number of rotatable bonds is 3. The lowest BCUT2D eigenvalue weighted by Crippen LogP contribution is -2.32. The van der Waals surface area contributed by atoms with E-state index in [0.717, 1.165) is 25.7 Å². The van der Waals surface area contributed by atoms with Crippen LogP contribution in [-0.2, 0) is 4.74 Å². The second kappa shape index (κ2) is 5.82. The number of aromatic nitrogens is 1. The summed E-state index contributed by atoms with van der Waals surface area (Å²) in [7, 11) is 1.35. The second-order valence-corrected chi connectivity index (χ2v) is 4.50. The molecule has 0 aliphatic heterocycles. The summed E-state index contributed by atoms with van der Waals surface area (Å²) in [5.41, 5.74) is 6.21. The lowest BCUT2D eigenvalue weighted by Gasteiger charge is -2.26. The smallest absolute Gasteiger partial charge is 0.343 e. The second-order valence-electron chi connectivity index (χ2n) is 4.50. The number of methoxy groups -OCH3 is 1. The van der Waals surface area contributed by atoms with Crippen LogP contribution in [-0.4, -0.2) is 30.2 Å². The van der Waals surface area contributed by atoms with Crippen molar-refractivity contribution in [3.05, 3.63) is 23.9 Å².